The summed E-state index contributed by atoms with van der Waals surface area (Å²) in [6.45, 7) is 0. The van der Waals surface area contributed by atoms with Gasteiger partial charge in [0.2, 0.25) is 0 Å². The minimum atomic E-state index is -5.24. The molecule has 16 heavy (non-hydrogen) atoms. The van der Waals surface area contributed by atoms with Crippen molar-refractivity contribution in [1.82, 2.24) is 0 Å². The zero-order chi connectivity index (χ0) is 12.7. The highest BCUT2D eigenvalue weighted by atomic mass is 19.4. The predicted octanol–water partition coefficient (Wildman–Crippen LogP) is 4.00. The lowest BCUT2D eigenvalue weighted by atomic mass is 10.1. The Kier molecular flexibility index (Phi) is 2.86. The fraction of sp³-hybridized carbons (Fsp3) is 0.250. The van der Waals surface area contributed by atoms with Gasteiger partial charge >= 0.3 is 12.4 Å². The second-order valence-electron chi connectivity index (χ2n) is 2.78. The maximum Gasteiger partial charge on any atom is 0.419 e. The normalized spacial score (nSPS) is 13.0. The molecule has 90 valence electrons. The van der Waals surface area contributed by atoms with E-state index in [1.807, 2.05) is 0 Å². The van der Waals surface area contributed by atoms with Gasteiger partial charge < -0.3 is 0 Å². The van der Waals surface area contributed by atoms with Crippen molar-refractivity contribution in [2.75, 3.05) is 0 Å². The Morgan fingerprint density at radius 1 is 0.625 bits per heavy atom. The predicted molar refractivity (Wildman–Crippen MR) is 36.4 cm³/mol. The molecule has 0 radical (unpaired) electrons. The first-order valence-electron chi connectivity index (χ1n) is 3.67. The molecule has 0 atom stereocenters. The van der Waals surface area contributed by atoms with Crippen molar-refractivity contribution in [2.45, 2.75) is 12.4 Å². The van der Waals surface area contributed by atoms with Crippen LogP contribution in [0.4, 0.5) is 35.1 Å². The van der Waals surface area contributed by atoms with E-state index >= 15 is 0 Å². The Hall–Kier alpha value is -1.34. The Labute approximate surface area is 83.5 Å². The third kappa shape index (κ3) is 2.25. The molecule has 0 spiro atoms. The molecule has 0 saturated carbocycles. The van der Waals surface area contributed by atoms with Crippen molar-refractivity contribution < 1.29 is 35.1 Å². The first kappa shape index (κ1) is 12.7. The number of hydrogen-bond acceptors (Lipinski definition) is 0. The maximum atomic E-state index is 12.7. The zero-order valence-electron chi connectivity index (χ0n) is 7.18. The number of hydrogen-bond donors (Lipinski definition) is 0. The summed E-state index contributed by atoms with van der Waals surface area (Å²) in [5.41, 5.74) is -4.14. The van der Waals surface area contributed by atoms with E-state index in [-0.39, 0.29) is 12.1 Å². The SMILES string of the molecule is Fc1c(C(F)(F)F)ccc(C(F)(F)F)c1F. The Morgan fingerprint density at radius 3 is 1.06 bits per heavy atom. The topological polar surface area (TPSA) is 0 Å². The van der Waals surface area contributed by atoms with Crippen molar-refractivity contribution in [3.8, 4) is 0 Å². The highest BCUT2D eigenvalue weighted by molar-refractivity contribution is 5.30. The van der Waals surface area contributed by atoms with Crippen molar-refractivity contribution >= 4 is 0 Å². The van der Waals surface area contributed by atoms with E-state index in [0.717, 1.165) is 0 Å². The van der Waals surface area contributed by atoms with Crippen LogP contribution in [0, 0.1) is 11.6 Å². The van der Waals surface area contributed by atoms with Crippen LogP contribution < -0.4 is 0 Å². The quantitative estimate of drug-likeness (QED) is 0.610. The van der Waals surface area contributed by atoms with Crippen LogP contribution in [0.25, 0.3) is 0 Å². The molecular weight excluding hydrogens is 248 g/mol. The average Bonchev–Trinajstić information content (AvgIpc) is 2.05. The first-order chi connectivity index (χ1) is 7.05. The second kappa shape index (κ2) is 3.60. The van der Waals surface area contributed by atoms with Gasteiger partial charge in [-0.3, -0.25) is 0 Å². The van der Waals surface area contributed by atoms with Gasteiger partial charge in [0.15, 0.2) is 11.6 Å². The second-order valence-corrected chi connectivity index (χ2v) is 2.78. The third-order valence-corrected chi connectivity index (χ3v) is 1.69. The summed E-state index contributed by atoms with van der Waals surface area (Å²) in [4.78, 5) is 0. The largest absolute Gasteiger partial charge is 0.419 e. The molecule has 0 heterocycles. The summed E-state index contributed by atoms with van der Waals surface area (Å²) in [5.74, 6) is -5.11. The summed E-state index contributed by atoms with van der Waals surface area (Å²) in [5, 5.41) is 0. The van der Waals surface area contributed by atoms with Crippen LogP contribution in [0.5, 0.6) is 0 Å². The summed E-state index contributed by atoms with van der Waals surface area (Å²) in [7, 11) is 0. The smallest absolute Gasteiger partial charge is 0.203 e. The molecule has 0 saturated heterocycles. The van der Waals surface area contributed by atoms with Crippen LogP contribution >= 0.6 is 0 Å². The van der Waals surface area contributed by atoms with Gasteiger partial charge in [0.25, 0.3) is 0 Å². The van der Waals surface area contributed by atoms with Gasteiger partial charge in [0.05, 0.1) is 11.1 Å². The van der Waals surface area contributed by atoms with Crippen LogP contribution in [0.2, 0.25) is 0 Å². The molecule has 8 heteroatoms. The van der Waals surface area contributed by atoms with Gasteiger partial charge in [-0.05, 0) is 12.1 Å². The number of rotatable bonds is 0. The third-order valence-electron chi connectivity index (χ3n) is 1.69. The molecule has 1 aromatic rings. The van der Waals surface area contributed by atoms with Crippen molar-refractivity contribution in [1.29, 1.82) is 0 Å². The minimum Gasteiger partial charge on any atom is -0.203 e. The van der Waals surface area contributed by atoms with E-state index in [9.17, 15) is 35.1 Å². The van der Waals surface area contributed by atoms with Gasteiger partial charge in [-0.25, -0.2) is 8.78 Å². The number of benzene rings is 1. The molecule has 0 N–H and O–H groups in total. The Morgan fingerprint density at radius 2 is 0.875 bits per heavy atom. The molecule has 0 amide bonds. The Balaban J connectivity index is 3.41. The molecule has 0 bridgehead atoms. The highest BCUT2D eigenvalue weighted by Crippen LogP contribution is 2.37. The van der Waals surface area contributed by atoms with Crippen molar-refractivity contribution in [2.24, 2.45) is 0 Å². The fourth-order valence-corrected chi connectivity index (χ4v) is 0.987. The number of halogens is 8. The van der Waals surface area contributed by atoms with E-state index in [4.69, 9.17) is 0 Å². The summed E-state index contributed by atoms with van der Waals surface area (Å²) in [6, 6.07) is -0.303. The standard InChI is InChI=1S/C8H2F8/c9-5-3(7(11,12)13)1-2-4(6(5)10)8(14,15)16/h1-2H. The van der Waals surface area contributed by atoms with Gasteiger partial charge in [-0.1, -0.05) is 0 Å². The molecule has 0 aliphatic carbocycles. The molecule has 0 aromatic heterocycles. The fourth-order valence-electron chi connectivity index (χ4n) is 0.987. The first-order valence-corrected chi connectivity index (χ1v) is 3.67. The molecule has 0 unspecified atom stereocenters. The number of alkyl halides is 6. The van der Waals surface area contributed by atoms with E-state index in [1.54, 1.807) is 0 Å². The summed E-state index contributed by atoms with van der Waals surface area (Å²) in [6.07, 6.45) is -10.5. The molecular formula is C8H2F8. The zero-order valence-corrected chi connectivity index (χ0v) is 7.18. The molecule has 1 rings (SSSR count). The van der Waals surface area contributed by atoms with Crippen LogP contribution in [-0.2, 0) is 12.4 Å². The molecule has 0 aliphatic heterocycles. The van der Waals surface area contributed by atoms with Gasteiger partial charge in [0.1, 0.15) is 0 Å². The molecule has 0 aliphatic rings. The van der Waals surface area contributed by atoms with Crippen LogP contribution in [0.1, 0.15) is 11.1 Å². The van der Waals surface area contributed by atoms with Crippen LogP contribution in [0.3, 0.4) is 0 Å². The average molecular weight is 250 g/mol. The van der Waals surface area contributed by atoms with E-state index in [2.05, 4.69) is 0 Å². The maximum absolute atomic E-state index is 12.7. The summed E-state index contributed by atoms with van der Waals surface area (Å²) >= 11 is 0. The Bertz CT molecular complexity index is 361. The van der Waals surface area contributed by atoms with E-state index < -0.39 is 35.1 Å². The lowest BCUT2D eigenvalue weighted by Crippen LogP contribution is -2.15. The van der Waals surface area contributed by atoms with Gasteiger partial charge in [0, 0.05) is 0 Å². The summed E-state index contributed by atoms with van der Waals surface area (Å²) < 4.78 is 97.2. The lowest BCUT2D eigenvalue weighted by Gasteiger charge is -2.12. The monoisotopic (exact) mass is 250 g/mol. The molecule has 1 aromatic carbocycles. The molecule has 0 fully saturated rings. The minimum absolute atomic E-state index is 0.152. The van der Waals surface area contributed by atoms with Crippen molar-refractivity contribution in [3.63, 3.8) is 0 Å². The lowest BCUT2D eigenvalue weighted by molar-refractivity contribution is -0.145. The van der Waals surface area contributed by atoms with Crippen molar-refractivity contribution in [3.05, 3.63) is 34.9 Å². The molecule has 0 nitrogen and oxygen atoms in total. The van der Waals surface area contributed by atoms with E-state index in [1.165, 1.54) is 0 Å². The van der Waals surface area contributed by atoms with Gasteiger partial charge in [-0.15, -0.1) is 0 Å². The van der Waals surface area contributed by atoms with Gasteiger partial charge in [-0.2, -0.15) is 26.3 Å². The van der Waals surface area contributed by atoms with E-state index in [0.29, 0.717) is 0 Å². The van der Waals surface area contributed by atoms with Crippen LogP contribution in [-0.4, -0.2) is 0 Å². The van der Waals surface area contributed by atoms with Crippen LogP contribution in [0.15, 0.2) is 12.1 Å². The highest BCUT2D eigenvalue weighted by Gasteiger charge is 2.41.